The Balaban J connectivity index is 1.75. The molecule has 0 bridgehead atoms. The number of allylic oxidation sites excluding steroid dienone is 1. The maximum absolute atomic E-state index is 13.5. The van der Waals surface area contributed by atoms with Crippen molar-refractivity contribution in [3.8, 4) is 17.2 Å². The highest BCUT2D eigenvalue weighted by molar-refractivity contribution is 5.92. The number of pyridine rings is 1. The lowest BCUT2D eigenvalue weighted by Gasteiger charge is -2.41. The van der Waals surface area contributed by atoms with Crippen molar-refractivity contribution in [2.75, 3.05) is 19.3 Å². The van der Waals surface area contributed by atoms with Crippen LogP contribution >= 0.6 is 0 Å². The summed E-state index contributed by atoms with van der Waals surface area (Å²) in [6.07, 6.45) is 3.27. The SMILES string of the molecule is CC=C(CCNC)C(=O)O[C@H]1Cc2c(c([C@H](Cc3cccc(O)c3)c3ccnc(N)c3)c3oc(CO)cc(=O)c3c2O)OC1(C)C. The fourth-order valence-electron chi connectivity index (χ4n) is 5.94. The lowest BCUT2D eigenvalue weighted by atomic mass is 9.80. The van der Waals surface area contributed by atoms with Crippen LogP contribution in [-0.4, -0.2) is 51.6 Å². The van der Waals surface area contributed by atoms with Crippen molar-refractivity contribution in [1.82, 2.24) is 10.3 Å². The van der Waals surface area contributed by atoms with Gasteiger partial charge < -0.3 is 40.3 Å². The van der Waals surface area contributed by atoms with Crippen LogP contribution in [0.15, 0.2) is 69.5 Å². The molecule has 1 aliphatic heterocycles. The van der Waals surface area contributed by atoms with E-state index in [1.165, 1.54) is 0 Å². The van der Waals surface area contributed by atoms with Crippen molar-refractivity contribution in [2.45, 2.75) is 64.3 Å². The predicted octanol–water partition coefficient (Wildman–Crippen LogP) is 4.23. The second kappa shape index (κ2) is 13.2. The molecule has 5 rings (SSSR count). The van der Waals surface area contributed by atoms with Crippen LogP contribution in [-0.2, 0) is 29.0 Å². The smallest absolute Gasteiger partial charge is 0.334 e. The average Bonchev–Trinajstić information content (AvgIpc) is 3.01. The zero-order valence-corrected chi connectivity index (χ0v) is 26.3. The first-order valence-corrected chi connectivity index (χ1v) is 15.1. The van der Waals surface area contributed by atoms with Gasteiger partial charge in [0.25, 0.3) is 0 Å². The molecule has 46 heavy (non-hydrogen) atoms. The van der Waals surface area contributed by atoms with Gasteiger partial charge in [-0.05, 0) is 82.6 Å². The number of aliphatic hydroxyl groups is 1. The van der Waals surface area contributed by atoms with E-state index in [0.717, 1.165) is 11.6 Å². The van der Waals surface area contributed by atoms with Gasteiger partial charge in [0.1, 0.15) is 58.1 Å². The summed E-state index contributed by atoms with van der Waals surface area (Å²) in [5, 5.41) is 34.8. The minimum Gasteiger partial charge on any atom is -0.508 e. The van der Waals surface area contributed by atoms with Crippen LogP contribution in [0.3, 0.4) is 0 Å². The van der Waals surface area contributed by atoms with Crippen LogP contribution in [0.4, 0.5) is 5.82 Å². The van der Waals surface area contributed by atoms with Gasteiger partial charge in [-0.15, -0.1) is 0 Å². The molecule has 2 atom stereocenters. The highest BCUT2D eigenvalue weighted by atomic mass is 16.6. The van der Waals surface area contributed by atoms with E-state index in [1.807, 2.05) is 6.07 Å². The van der Waals surface area contributed by atoms with Gasteiger partial charge in [-0.1, -0.05) is 18.2 Å². The molecule has 0 aliphatic carbocycles. The lowest BCUT2D eigenvalue weighted by molar-refractivity contribution is -0.156. The van der Waals surface area contributed by atoms with E-state index in [-0.39, 0.29) is 51.8 Å². The molecular formula is C35H39N3O8. The number of hydrogen-bond acceptors (Lipinski definition) is 11. The molecule has 4 aromatic rings. The number of nitrogens with zero attached hydrogens (tertiary/aromatic N) is 1. The minimum absolute atomic E-state index is 0.00535. The number of rotatable bonds is 10. The largest absolute Gasteiger partial charge is 0.508 e. The van der Waals surface area contributed by atoms with E-state index in [0.29, 0.717) is 36.1 Å². The quantitative estimate of drug-likeness (QED) is 0.125. The number of nitrogen functional groups attached to an aromatic ring is 1. The maximum Gasteiger partial charge on any atom is 0.334 e. The molecular weight excluding hydrogens is 590 g/mol. The Labute approximate surface area is 266 Å². The normalized spacial score (nSPS) is 16.5. The number of nitrogens with one attached hydrogen (secondary N) is 1. The van der Waals surface area contributed by atoms with E-state index < -0.39 is 35.6 Å². The second-order valence-electron chi connectivity index (χ2n) is 11.9. The molecule has 0 radical (unpaired) electrons. The summed E-state index contributed by atoms with van der Waals surface area (Å²) in [4.78, 5) is 30.9. The topological polar surface area (TPSA) is 177 Å². The van der Waals surface area contributed by atoms with Gasteiger partial charge in [-0.3, -0.25) is 4.79 Å². The van der Waals surface area contributed by atoms with Crippen LogP contribution in [0.5, 0.6) is 17.2 Å². The number of esters is 1. The molecule has 11 heteroatoms. The van der Waals surface area contributed by atoms with Gasteiger partial charge in [-0.25, -0.2) is 9.78 Å². The number of phenolic OH excluding ortho intramolecular Hbond substituents is 2. The highest BCUT2D eigenvalue weighted by Gasteiger charge is 2.44. The highest BCUT2D eigenvalue weighted by Crippen LogP contribution is 2.50. The van der Waals surface area contributed by atoms with Gasteiger partial charge in [0.15, 0.2) is 5.43 Å². The van der Waals surface area contributed by atoms with Crippen molar-refractivity contribution in [2.24, 2.45) is 0 Å². The van der Waals surface area contributed by atoms with E-state index in [1.54, 1.807) is 70.4 Å². The first-order valence-electron chi connectivity index (χ1n) is 15.1. The van der Waals surface area contributed by atoms with Crippen LogP contribution in [0.2, 0.25) is 0 Å². The lowest BCUT2D eigenvalue weighted by Crippen LogP contribution is -2.49. The number of aromatic nitrogens is 1. The number of phenols is 2. The summed E-state index contributed by atoms with van der Waals surface area (Å²) in [5.41, 5.74) is 7.21. The Hall–Kier alpha value is -4.87. The predicted molar refractivity (Wildman–Crippen MR) is 173 cm³/mol. The van der Waals surface area contributed by atoms with Gasteiger partial charge in [-0.2, -0.15) is 0 Å². The van der Waals surface area contributed by atoms with Crippen molar-refractivity contribution in [3.05, 3.63) is 98.5 Å². The van der Waals surface area contributed by atoms with Crippen LogP contribution in [0, 0.1) is 0 Å². The van der Waals surface area contributed by atoms with Gasteiger partial charge in [0.05, 0.1) is 0 Å². The standard InChI is InChI=1S/C35H39N3O8/c1-5-20(9-11-37-4)34(43)45-27-17-25-31(42)30-26(41)16-23(18-39)44-33(30)29(32(25)46-35(27,2)3)24(21-10-12-38-28(36)15-21)14-19-7-6-8-22(40)13-19/h5-8,10,12-13,15-16,24,27,37,39-40,42H,9,11,14,17-18H2,1-4H3,(H2,36,38)/t24-,27+/m1/s1. The van der Waals surface area contributed by atoms with Crippen molar-refractivity contribution in [3.63, 3.8) is 0 Å². The molecule has 0 saturated heterocycles. The minimum atomic E-state index is -1.08. The first kappa shape index (κ1) is 32.5. The molecule has 0 saturated carbocycles. The third kappa shape index (κ3) is 6.42. The summed E-state index contributed by atoms with van der Waals surface area (Å²) >= 11 is 0. The summed E-state index contributed by atoms with van der Waals surface area (Å²) in [6.45, 7) is 5.39. The Morgan fingerprint density at radius 2 is 2.02 bits per heavy atom. The Morgan fingerprint density at radius 1 is 1.24 bits per heavy atom. The molecule has 11 nitrogen and oxygen atoms in total. The number of anilines is 1. The fourth-order valence-corrected chi connectivity index (χ4v) is 5.94. The summed E-state index contributed by atoms with van der Waals surface area (Å²) in [5.74, 6) is -0.825. The molecule has 242 valence electrons. The van der Waals surface area contributed by atoms with Crippen LogP contribution in [0.25, 0.3) is 11.0 Å². The number of nitrogens with two attached hydrogens (primary N) is 1. The Bertz CT molecular complexity index is 1860. The monoisotopic (exact) mass is 629 g/mol. The molecule has 2 aromatic carbocycles. The molecule has 1 aliphatic rings. The third-order valence-corrected chi connectivity index (χ3v) is 8.38. The van der Waals surface area contributed by atoms with Crippen LogP contribution in [0.1, 0.15) is 61.1 Å². The van der Waals surface area contributed by atoms with E-state index >= 15 is 0 Å². The molecule has 0 amide bonds. The summed E-state index contributed by atoms with van der Waals surface area (Å²) in [6, 6.07) is 11.4. The van der Waals surface area contributed by atoms with Crippen molar-refractivity contribution in [1.29, 1.82) is 0 Å². The van der Waals surface area contributed by atoms with Crippen molar-refractivity contribution < 1.29 is 34.0 Å². The zero-order chi connectivity index (χ0) is 33.2. The number of fused-ring (bicyclic) bond motifs is 2. The number of benzene rings is 2. The molecule has 2 aromatic heterocycles. The zero-order valence-electron chi connectivity index (χ0n) is 26.3. The van der Waals surface area contributed by atoms with E-state index in [2.05, 4.69) is 10.3 Å². The molecule has 3 heterocycles. The first-order chi connectivity index (χ1) is 22.0. The molecule has 0 spiro atoms. The number of aromatic hydroxyl groups is 2. The molecule has 6 N–H and O–H groups in total. The van der Waals surface area contributed by atoms with Gasteiger partial charge in [0.2, 0.25) is 0 Å². The van der Waals surface area contributed by atoms with Gasteiger partial charge in [0, 0.05) is 41.3 Å². The second-order valence-corrected chi connectivity index (χ2v) is 11.9. The van der Waals surface area contributed by atoms with Crippen LogP contribution < -0.4 is 21.2 Å². The number of carbonyl (C=O) groups is 1. The van der Waals surface area contributed by atoms with E-state index in [9.17, 15) is 24.9 Å². The summed E-state index contributed by atoms with van der Waals surface area (Å²) < 4.78 is 18.8. The Morgan fingerprint density at radius 3 is 2.70 bits per heavy atom. The van der Waals surface area contributed by atoms with E-state index in [4.69, 9.17) is 19.6 Å². The number of aliphatic hydroxyl groups excluding tert-OH is 1. The molecule has 0 unspecified atom stereocenters. The molecule has 0 fully saturated rings. The summed E-state index contributed by atoms with van der Waals surface area (Å²) in [7, 11) is 1.80. The van der Waals surface area contributed by atoms with Gasteiger partial charge >= 0.3 is 5.97 Å². The number of ether oxygens (including phenoxy) is 2. The third-order valence-electron chi connectivity index (χ3n) is 8.38. The average molecular weight is 630 g/mol. The fraction of sp³-hybridized carbons (Fsp3) is 0.343. The Kier molecular flexibility index (Phi) is 9.36. The number of carbonyl (C=O) groups excluding carboxylic acids is 1. The number of hydrogen-bond donors (Lipinski definition) is 5. The maximum atomic E-state index is 13.5. The van der Waals surface area contributed by atoms with Crippen molar-refractivity contribution >= 4 is 22.8 Å².